The average Bonchev–Trinajstić information content (AvgIpc) is 2.74. The van der Waals surface area contributed by atoms with Gasteiger partial charge in [-0.1, -0.05) is 0 Å². The van der Waals surface area contributed by atoms with Crippen LogP contribution in [0, 0.1) is 0 Å². The molecule has 6 heteroatoms. The predicted octanol–water partition coefficient (Wildman–Crippen LogP) is -0.722. The third-order valence-corrected chi connectivity index (χ3v) is 2.12. The first-order valence-corrected chi connectivity index (χ1v) is 5.05. The van der Waals surface area contributed by atoms with Gasteiger partial charge < -0.3 is 4.90 Å². The quantitative estimate of drug-likeness (QED) is 0.264. The third kappa shape index (κ3) is 4.99. The van der Waals surface area contributed by atoms with E-state index >= 15 is 0 Å². The number of amides is 2. The van der Waals surface area contributed by atoms with Crippen molar-refractivity contribution in [1.29, 1.82) is 0 Å². The van der Waals surface area contributed by atoms with E-state index in [0.29, 0.717) is 13.0 Å². The largest absolute Gasteiger partial charge is 0.363 e. The van der Waals surface area contributed by atoms with Crippen molar-refractivity contribution in [3.63, 3.8) is 0 Å². The molecular weight excluding hydrogens is 196 g/mol. The van der Waals surface area contributed by atoms with Crippen molar-refractivity contribution in [2.45, 2.75) is 19.3 Å². The molecule has 15 heavy (non-hydrogen) atoms. The van der Waals surface area contributed by atoms with Crippen molar-refractivity contribution in [3.8, 4) is 0 Å². The van der Waals surface area contributed by atoms with Crippen LogP contribution in [0.2, 0.25) is 0 Å². The molecule has 2 N–H and O–H groups in total. The van der Waals surface area contributed by atoms with Crippen LogP contribution >= 0.6 is 0 Å². The number of nitrogens with zero attached hydrogens (tertiary/aromatic N) is 2. The van der Waals surface area contributed by atoms with E-state index in [1.807, 2.05) is 0 Å². The maximum Gasteiger partial charge on any atom is 0.240 e. The smallest absolute Gasteiger partial charge is 0.240 e. The minimum atomic E-state index is -0.235. The molecule has 1 aliphatic rings. The Hall–Kier alpha value is -1.59. The van der Waals surface area contributed by atoms with Gasteiger partial charge in [-0.25, -0.2) is 0 Å². The average molecular weight is 212 g/mol. The molecule has 6 nitrogen and oxygen atoms in total. The van der Waals surface area contributed by atoms with Gasteiger partial charge in [0.25, 0.3) is 0 Å². The Morgan fingerprint density at radius 2 is 2.13 bits per heavy atom. The Balaban J connectivity index is 2.04. The number of hydrogen-bond acceptors (Lipinski definition) is 3. The van der Waals surface area contributed by atoms with Gasteiger partial charge >= 0.3 is 0 Å². The fourth-order valence-corrected chi connectivity index (χ4v) is 1.37. The minimum absolute atomic E-state index is 0.235. The Morgan fingerprint density at radius 1 is 1.40 bits per heavy atom. The second-order valence-electron chi connectivity index (χ2n) is 3.33. The first-order chi connectivity index (χ1) is 7.33. The normalized spacial score (nSPS) is 15.6. The molecule has 0 atom stereocenters. The number of aliphatic imine (C=N–C) groups is 1. The number of nitrogens with one attached hydrogen (secondary N) is 2. The maximum absolute atomic E-state index is 11.0. The second-order valence-corrected chi connectivity index (χ2v) is 3.33. The molecule has 0 aliphatic carbocycles. The molecule has 2 amide bonds. The summed E-state index contributed by atoms with van der Waals surface area (Å²) in [4.78, 5) is 27.1. The maximum atomic E-state index is 11.0. The molecule has 0 spiro atoms. The Kier molecular flexibility index (Phi) is 5.21. The van der Waals surface area contributed by atoms with E-state index < -0.39 is 0 Å². The van der Waals surface area contributed by atoms with Crippen molar-refractivity contribution in [3.05, 3.63) is 0 Å². The molecule has 1 heterocycles. The van der Waals surface area contributed by atoms with Crippen LogP contribution in [-0.2, 0) is 9.59 Å². The van der Waals surface area contributed by atoms with Crippen LogP contribution < -0.4 is 10.9 Å². The molecule has 0 unspecified atom stereocenters. The zero-order valence-electron chi connectivity index (χ0n) is 8.61. The van der Waals surface area contributed by atoms with E-state index in [1.165, 1.54) is 12.8 Å². The zero-order valence-corrected chi connectivity index (χ0v) is 8.61. The lowest BCUT2D eigenvalue weighted by molar-refractivity contribution is -0.124. The van der Waals surface area contributed by atoms with Crippen molar-refractivity contribution in [2.24, 2.45) is 4.99 Å². The SMILES string of the molecule is O=CNNC(=O)CCN=CN1CCCC1. The number of rotatable bonds is 6. The summed E-state index contributed by atoms with van der Waals surface area (Å²) >= 11 is 0. The molecule has 84 valence electrons. The van der Waals surface area contributed by atoms with Crippen molar-refractivity contribution in [2.75, 3.05) is 19.6 Å². The molecule has 0 aromatic heterocycles. The van der Waals surface area contributed by atoms with Gasteiger partial charge in [-0.3, -0.25) is 25.4 Å². The summed E-state index contributed by atoms with van der Waals surface area (Å²) in [6.45, 7) is 2.56. The fourth-order valence-electron chi connectivity index (χ4n) is 1.37. The number of likely N-dealkylation sites (tertiary alicyclic amines) is 1. The van der Waals surface area contributed by atoms with Crippen molar-refractivity contribution in [1.82, 2.24) is 15.8 Å². The van der Waals surface area contributed by atoms with Crippen LogP contribution in [0.5, 0.6) is 0 Å². The molecule has 0 radical (unpaired) electrons. The van der Waals surface area contributed by atoms with Crippen LogP contribution in [0.25, 0.3) is 0 Å². The van der Waals surface area contributed by atoms with Crippen LogP contribution in [0.1, 0.15) is 19.3 Å². The molecule has 1 rings (SSSR count). The van der Waals surface area contributed by atoms with Crippen LogP contribution in [0.4, 0.5) is 0 Å². The van der Waals surface area contributed by atoms with Crippen LogP contribution in [0.3, 0.4) is 0 Å². The van der Waals surface area contributed by atoms with Gasteiger partial charge in [0, 0.05) is 26.1 Å². The zero-order chi connectivity index (χ0) is 10.9. The standard InChI is InChI=1S/C9H16N4O2/c14-8-11-12-9(15)3-4-10-7-13-5-1-2-6-13/h7-8H,1-6H2,(H,11,14)(H,12,15). The highest BCUT2D eigenvalue weighted by Crippen LogP contribution is 2.03. The van der Waals surface area contributed by atoms with E-state index in [2.05, 4.69) is 20.7 Å². The molecule has 0 bridgehead atoms. The third-order valence-electron chi connectivity index (χ3n) is 2.12. The minimum Gasteiger partial charge on any atom is -0.363 e. The summed E-state index contributed by atoms with van der Waals surface area (Å²) in [6.07, 6.45) is 4.94. The molecule has 0 aromatic carbocycles. The van der Waals surface area contributed by atoms with Gasteiger partial charge in [0.15, 0.2) is 0 Å². The van der Waals surface area contributed by atoms with Crippen molar-refractivity contribution >= 4 is 18.7 Å². The molecule has 0 aromatic rings. The topological polar surface area (TPSA) is 73.8 Å². The number of hydrazine groups is 1. The van der Waals surface area contributed by atoms with Crippen molar-refractivity contribution < 1.29 is 9.59 Å². The summed E-state index contributed by atoms with van der Waals surface area (Å²) in [6, 6.07) is 0. The second kappa shape index (κ2) is 6.80. The fraction of sp³-hybridized carbons (Fsp3) is 0.667. The Labute approximate surface area is 88.7 Å². The lowest BCUT2D eigenvalue weighted by Gasteiger charge is -2.08. The van der Waals surface area contributed by atoms with Gasteiger partial charge in [0.1, 0.15) is 0 Å². The first kappa shape index (κ1) is 11.5. The summed E-state index contributed by atoms with van der Waals surface area (Å²) in [5, 5.41) is 0. The number of hydrogen-bond donors (Lipinski definition) is 2. The van der Waals surface area contributed by atoms with Gasteiger partial charge in [0.2, 0.25) is 12.3 Å². The summed E-state index contributed by atoms with van der Waals surface area (Å²) in [5.74, 6) is -0.235. The molecule has 0 saturated carbocycles. The lowest BCUT2D eigenvalue weighted by Crippen LogP contribution is -2.36. The van der Waals surface area contributed by atoms with Crippen LogP contribution in [-0.4, -0.2) is 43.2 Å². The molecule has 1 fully saturated rings. The van der Waals surface area contributed by atoms with Gasteiger partial charge in [-0.05, 0) is 12.8 Å². The number of carbonyl (C=O) groups is 2. The van der Waals surface area contributed by atoms with E-state index in [1.54, 1.807) is 6.34 Å². The van der Waals surface area contributed by atoms with E-state index in [-0.39, 0.29) is 12.3 Å². The summed E-state index contributed by atoms with van der Waals surface area (Å²) < 4.78 is 0. The lowest BCUT2D eigenvalue weighted by atomic mass is 10.4. The highest BCUT2D eigenvalue weighted by Gasteiger charge is 2.06. The number of carbonyl (C=O) groups excluding carboxylic acids is 2. The Morgan fingerprint density at radius 3 is 2.80 bits per heavy atom. The highest BCUT2D eigenvalue weighted by molar-refractivity contribution is 5.77. The molecule has 1 aliphatic heterocycles. The van der Waals surface area contributed by atoms with E-state index in [4.69, 9.17) is 0 Å². The summed E-state index contributed by atoms with van der Waals surface area (Å²) in [5.41, 5.74) is 4.30. The molecular formula is C9H16N4O2. The monoisotopic (exact) mass is 212 g/mol. The van der Waals surface area contributed by atoms with E-state index in [0.717, 1.165) is 13.1 Å². The predicted molar refractivity (Wildman–Crippen MR) is 56.1 cm³/mol. The summed E-state index contributed by atoms with van der Waals surface area (Å²) in [7, 11) is 0. The van der Waals surface area contributed by atoms with Gasteiger partial charge in [-0.2, -0.15) is 0 Å². The molecule has 1 saturated heterocycles. The first-order valence-electron chi connectivity index (χ1n) is 5.05. The highest BCUT2D eigenvalue weighted by atomic mass is 16.2. The van der Waals surface area contributed by atoms with Crippen LogP contribution in [0.15, 0.2) is 4.99 Å². The van der Waals surface area contributed by atoms with Gasteiger partial charge in [-0.15, -0.1) is 0 Å². The van der Waals surface area contributed by atoms with Gasteiger partial charge in [0.05, 0.1) is 6.34 Å². The van der Waals surface area contributed by atoms with E-state index in [9.17, 15) is 9.59 Å². The Bertz CT molecular complexity index is 236.